The maximum absolute atomic E-state index is 12.2. The normalized spacial score (nSPS) is 11.1. The van der Waals surface area contributed by atoms with Crippen LogP contribution in [-0.2, 0) is 11.2 Å². The Labute approximate surface area is 176 Å². The summed E-state index contributed by atoms with van der Waals surface area (Å²) in [5.41, 5.74) is 5.74. The van der Waals surface area contributed by atoms with Gasteiger partial charge in [-0.1, -0.05) is 55.9 Å². The van der Waals surface area contributed by atoms with Crippen molar-refractivity contribution >= 4 is 17.7 Å². The Morgan fingerprint density at radius 3 is 2.45 bits per heavy atom. The number of nitrogens with one attached hydrogen (secondary N) is 1. The molecule has 2 aromatic carbocycles. The van der Waals surface area contributed by atoms with Crippen LogP contribution in [0.2, 0.25) is 0 Å². The number of carbonyl (C=O) groups excluding carboxylic acids is 1. The van der Waals surface area contributed by atoms with Gasteiger partial charge in [-0.3, -0.25) is 4.79 Å². The Balaban J connectivity index is 1.49. The standard InChI is InChI=1S/C22H27N5OS/c1-15(2)19-7-5-18(6-8-19)9-10-23-21(28)14-29-22-24-25-26-27(22)20-12-16(3)11-17(4)13-20/h5-8,11-13,15H,9-10,14H2,1-4H3,(H,23,28). The third-order valence-corrected chi connectivity index (χ3v) is 5.53. The summed E-state index contributed by atoms with van der Waals surface area (Å²) in [4.78, 5) is 12.2. The fourth-order valence-corrected chi connectivity index (χ4v) is 3.82. The molecule has 1 amide bonds. The summed E-state index contributed by atoms with van der Waals surface area (Å²) in [6.45, 7) is 9.06. The molecule has 0 bridgehead atoms. The number of rotatable bonds is 8. The Kier molecular flexibility index (Phi) is 7.04. The molecule has 0 saturated carbocycles. The van der Waals surface area contributed by atoms with E-state index in [1.54, 1.807) is 4.68 Å². The second-order valence-corrected chi connectivity index (χ2v) is 8.45. The van der Waals surface area contributed by atoms with Crippen LogP contribution >= 0.6 is 11.8 Å². The molecular formula is C22H27N5OS. The molecule has 0 aliphatic rings. The monoisotopic (exact) mass is 409 g/mol. The largest absolute Gasteiger partial charge is 0.355 e. The highest BCUT2D eigenvalue weighted by atomic mass is 32.2. The van der Waals surface area contributed by atoms with E-state index in [1.165, 1.54) is 22.9 Å². The molecule has 3 aromatic rings. The summed E-state index contributed by atoms with van der Waals surface area (Å²) in [7, 11) is 0. The van der Waals surface area contributed by atoms with E-state index in [2.05, 4.69) is 65.0 Å². The van der Waals surface area contributed by atoms with E-state index in [9.17, 15) is 4.79 Å². The minimum atomic E-state index is -0.0243. The number of amides is 1. The predicted octanol–water partition coefficient (Wildman–Crippen LogP) is 3.85. The number of thioether (sulfide) groups is 1. The quantitative estimate of drug-likeness (QED) is 0.572. The first-order chi connectivity index (χ1) is 13.9. The fraction of sp³-hybridized carbons (Fsp3) is 0.364. The van der Waals surface area contributed by atoms with E-state index >= 15 is 0 Å². The molecule has 7 heteroatoms. The van der Waals surface area contributed by atoms with Crippen LogP contribution in [-0.4, -0.2) is 38.4 Å². The van der Waals surface area contributed by atoms with Gasteiger partial charge in [-0.05, 0) is 71.0 Å². The molecule has 3 rings (SSSR count). The van der Waals surface area contributed by atoms with Gasteiger partial charge in [0.2, 0.25) is 11.1 Å². The number of tetrazole rings is 1. The molecule has 0 radical (unpaired) electrons. The van der Waals surface area contributed by atoms with Crippen molar-refractivity contribution in [3.05, 3.63) is 64.7 Å². The average Bonchev–Trinajstić information content (AvgIpc) is 3.15. The van der Waals surface area contributed by atoms with E-state index in [0.717, 1.165) is 23.2 Å². The first-order valence-corrected chi connectivity index (χ1v) is 10.8. The van der Waals surface area contributed by atoms with Crippen molar-refractivity contribution in [1.82, 2.24) is 25.5 Å². The van der Waals surface area contributed by atoms with Crippen molar-refractivity contribution in [2.24, 2.45) is 0 Å². The Hall–Kier alpha value is -2.67. The van der Waals surface area contributed by atoms with Gasteiger partial charge in [-0.15, -0.1) is 5.10 Å². The van der Waals surface area contributed by atoms with Gasteiger partial charge in [0.1, 0.15) is 0 Å². The summed E-state index contributed by atoms with van der Waals surface area (Å²) in [6.07, 6.45) is 0.815. The lowest BCUT2D eigenvalue weighted by atomic mass is 10.0. The lowest BCUT2D eigenvalue weighted by Crippen LogP contribution is -2.27. The highest BCUT2D eigenvalue weighted by Gasteiger charge is 2.12. The van der Waals surface area contributed by atoms with Crippen LogP contribution in [0.25, 0.3) is 5.69 Å². The maximum atomic E-state index is 12.2. The van der Waals surface area contributed by atoms with Crippen LogP contribution in [0.3, 0.4) is 0 Å². The van der Waals surface area contributed by atoms with Crippen molar-refractivity contribution in [1.29, 1.82) is 0 Å². The number of benzene rings is 2. The number of aromatic nitrogens is 4. The van der Waals surface area contributed by atoms with Gasteiger partial charge in [0.15, 0.2) is 0 Å². The Morgan fingerprint density at radius 2 is 1.79 bits per heavy atom. The zero-order valence-corrected chi connectivity index (χ0v) is 18.2. The molecule has 6 nitrogen and oxygen atoms in total. The van der Waals surface area contributed by atoms with Crippen molar-refractivity contribution in [3.63, 3.8) is 0 Å². The van der Waals surface area contributed by atoms with Crippen molar-refractivity contribution in [2.75, 3.05) is 12.3 Å². The lowest BCUT2D eigenvalue weighted by Gasteiger charge is -2.08. The minimum Gasteiger partial charge on any atom is -0.355 e. The summed E-state index contributed by atoms with van der Waals surface area (Å²) in [5, 5.41) is 15.5. The molecule has 0 fully saturated rings. The second-order valence-electron chi connectivity index (χ2n) is 7.50. The Morgan fingerprint density at radius 1 is 1.10 bits per heavy atom. The van der Waals surface area contributed by atoms with Gasteiger partial charge in [0, 0.05) is 6.54 Å². The lowest BCUT2D eigenvalue weighted by molar-refractivity contribution is -0.118. The van der Waals surface area contributed by atoms with Crippen LogP contribution in [0, 0.1) is 13.8 Å². The van der Waals surface area contributed by atoms with Crippen LogP contribution in [0.1, 0.15) is 42.0 Å². The van der Waals surface area contributed by atoms with Crippen molar-refractivity contribution < 1.29 is 4.79 Å². The molecule has 0 saturated heterocycles. The zero-order valence-electron chi connectivity index (χ0n) is 17.3. The van der Waals surface area contributed by atoms with Gasteiger partial charge in [0.05, 0.1) is 11.4 Å². The van der Waals surface area contributed by atoms with Gasteiger partial charge < -0.3 is 5.32 Å². The molecule has 1 heterocycles. The van der Waals surface area contributed by atoms with E-state index in [4.69, 9.17) is 0 Å². The zero-order chi connectivity index (χ0) is 20.8. The molecule has 0 atom stereocenters. The number of hydrogen-bond acceptors (Lipinski definition) is 5. The van der Waals surface area contributed by atoms with E-state index in [0.29, 0.717) is 17.6 Å². The predicted molar refractivity (Wildman–Crippen MR) is 117 cm³/mol. The van der Waals surface area contributed by atoms with Crippen LogP contribution in [0.15, 0.2) is 47.6 Å². The van der Waals surface area contributed by atoms with Crippen molar-refractivity contribution in [2.45, 2.75) is 45.2 Å². The highest BCUT2D eigenvalue weighted by Crippen LogP contribution is 2.20. The van der Waals surface area contributed by atoms with Gasteiger partial charge in [-0.25, -0.2) is 0 Å². The molecule has 0 aliphatic carbocycles. The Bertz CT molecular complexity index is 945. The summed E-state index contributed by atoms with van der Waals surface area (Å²) in [6, 6.07) is 14.7. The molecule has 0 unspecified atom stereocenters. The number of aryl methyl sites for hydroxylation is 2. The van der Waals surface area contributed by atoms with Crippen molar-refractivity contribution in [3.8, 4) is 5.69 Å². The molecule has 29 heavy (non-hydrogen) atoms. The molecular weight excluding hydrogens is 382 g/mol. The van der Waals surface area contributed by atoms with Gasteiger partial charge in [0.25, 0.3) is 0 Å². The molecule has 152 valence electrons. The number of nitrogens with zero attached hydrogens (tertiary/aromatic N) is 4. The van der Waals surface area contributed by atoms with Gasteiger partial charge >= 0.3 is 0 Å². The third kappa shape index (κ3) is 5.90. The van der Waals surface area contributed by atoms with Gasteiger partial charge in [-0.2, -0.15) is 4.68 Å². The molecule has 0 aliphatic heterocycles. The summed E-state index contributed by atoms with van der Waals surface area (Å²) < 4.78 is 1.67. The van der Waals surface area contributed by atoms with E-state index < -0.39 is 0 Å². The van der Waals surface area contributed by atoms with Crippen LogP contribution < -0.4 is 5.32 Å². The SMILES string of the molecule is Cc1cc(C)cc(-n2nnnc2SCC(=O)NCCc2ccc(C(C)C)cc2)c1. The number of carbonyl (C=O) groups is 1. The van der Waals surface area contributed by atoms with E-state index in [1.807, 2.05) is 26.0 Å². The third-order valence-electron chi connectivity index (χ3n) is 4.61. The fourth-order valence-electron chi connectivity index (χ4n) is 3.10. The maximum Gasteiger partial charge on any atom is 0.230 e. The first-order valence-electron chi connectivity index (χ1n) is 9.78. The topological polar surface area (TPSA) is 72.7 Å². The molecule has 1 aromatic heterocycles. The molecule has 1 N–H and O–H groups in total. The smallest absolute Gasteiger partial charge is 0.230 e. The number of hydrogen-bond donors (Lipinski definition) is 1. The second kappa shape index (κ2) is 9.69. The summed E-state index contributed by atoms with van der Waals surface area (Å²) >= 11 is 1.33. The van der Waals surface area contributed by atoms with E-state index in [-0.39, 0.29) is 11.7 Å². The van der Waals surface area contributed by atoms with Crippen LogP contribution in [0.4, 0.5) is 0 Å². The first kappa shape index (κ1) is 21.0. The molecule has 0 spiro atoms. The highest BCUT2D eigenvalue weighted by molar-refractivity contribution is 7.99. The average molecular weight is 410 g/mol. The van der Waals surface area contributed by atoms with Crippen LogP contribution in [0.5, 0.6) is 0 Å². The summed E-state index contributed by atoms with van der Waals surface area (Å²) in [5.74, 6) is 0.780. The minimum absolute atomic E-state index is 0.0243.